The van der Waals surface area contributed by atoms with Gasteiger partial charge < -0.3 is 14.7 Å². The molecule has 1 aromatic carbocycles. The number of hydrogen-bond donors (Lipinski definition) is 1. The highest BCUT2D eigenvalue weighted by molar-refractivity contribution is 6.01. The average molecular weight is 381 g/mol. The minimum absolute atomic E-state index is 0.0512. The Labute approximate surface area is 159 Å². The topological polar surface area (TPSA) is 101 Å². The van der Waals surface area contributed by atoms with Crippen LogP contribution in [0.2, 0.25) is 0 Å². The molecule has 0 aliphatic carbocycles. The van der Waals surface area contributed by atoms with E-state index in [1.165, 1.54) is 23.1 Å². The van der Waals surface area contributed by atoms with Crippen molar-refractivity contribution in [3.8, 4) is 11.4 Å². The number of carbonyl (C=O) groups is 2. The first-order valence-corrected chi connectivity index (χ1v) is 8.58. The average Bonchev–Trinajstić information content (AvgIpc) is 3.16. The van der Waals surface area contributed by atoms with E-state index in [0.29, 0.717) is 22.6 Å². The van der Waals surface area contributed by atoms with E-state index in [0.717, 1.165) is 0 Å². The normalized spacial score (nSPS) is 15.6. The summed E-state index contributed by atoms with van der Waals surface area (Å²) in [6, 6.07) is 7.53. The van der Waals surface area contributed by atoms with Crippen LogP contribution in [0.4, 0.5) is 10.1 Å². The fraction of sp³-hybridized carbons (Fsp3) is 0.211. The number of anilines is 1. The number of pyridine rings is 1. The Morgan fingerprint density at radius 2 is 2.25 bits per heavy atom. The van der Waals surface area contributed by atoms with Crippen molar-refractivity contribution in [1.82, 2.24) is 20.0 Å². The molecule has 0 saturated heterocycles. The predicted octanol–water partition coefficient (Wildman–Crippen LogP) is 2.36. The molecule has 2 amide bonds. The molecule has 1 N–H and O–H groups in total. The molecule has 0 radical (unpaired) electrons. The van der Waals surface area contributed by atoms with Crippen molar-refractivity contribution in [2.24, 2.45) is 0 Å². The van der Waals surface area contributed by atoms with Crippen molar-refractivity contribution in [3.05, 3.63) is 60.0 Å². The molecular formula is C19H16FN5O3. The number of likely N-dealkylation sites (N-methyl/N-ethyl adjacent to an activating group) is 1. The number of hydrogen-bond acceptors (Lipinski definition) is 6. The molecule has 28 heavy (non-hydrogen) atoms. The Hall–Kier alpha value is -3.62. The first-order valence-electron chi connectivity index (χ1n) is 8.58. The Kier molecular flexibility index (Phi) is 4.56. The Morgan fingerprint density at radius 3 is 3.04 bits per heavy atom. The van der Waals surface area contributed by atoms with Crippen LogP contribution in [-0.4, -0.2) is 38.9 Å². The standard InChI is InChI=1S/C19H16FN5O3/c1-25(10-17-23-18(24-28-17)11-3-2-6-21-9-11)19(27)14-8-16(26)22-15-5-4-12(20)7-13(14)15/h2-7,9,14H,8,10H2,1H3,(H,22,26). The van der Waals surface area contributed by atoms with Gasteiger partial charge in [-0.2, -0.15) is 4.98 Å². The van der Waals surface area contributed by atoms with Crippen molar-refractivity contribution in [3.63, 3.8) is 0 Å². The van der Waals surface area contributed by atoms with Crippen LogP contribution in [-0.2, 0) is 16.1 Å². The zero-order valence-electron chi connectivity index (χ0n) is 14.9. The highest BCUT2D eigenvalue weighted by Crippen LogP contribution is 2.34. The maximum Gasteiger partial charge on any atom is 0.246 e. The predicted molar refractivity (Wildman–Crippen MR) is 96.4 cm³/mol. The van der Waals surface area contributed by atoms with E-state index in [4.69, 9.17) is 4.52 Å². The van der Waals surface area contributed by atoms with Gasteiger partial charge in [0.1, 0.15) is 5.82 Å². The van der Waals surface area contributed by atoms with Crippen molar-refractivity contribution in [2.75, 3.05) is 12.4 Å². The number of amides is 2. The van der Waals surface area contributed by atoms with Crippen LogP contribution >= 0.6 is 0 Å². The zero-order chi connectivity index (χ0) is 19.7. The molecule has 142 valence electrons. The van der Waals surface area contributed by atoms with Gasteiger partial charge in [-0.15, -0.1) is 0 Å². The number of nitrogens with one attached hydrogen (secondary N) is 1. The third-order valence-electron chi connectivity index (χ3n) is 4.49. The lowest BCUT2D eigenvalue weighted by Crippen LogP contribution is -2.36. The quantitative estimate of drug-likeness (QED) is 0.744. The van der Waals surface area contributed by atoms with E-state index in [1.54, 1.807) is 31.6 Å². The van der Waals surface area contributed by atoms with Gasteiger partial charge in [0.05, 0.1) is 12.5 Å². The molecule has 1 unspecified atom stereocenters. The van der Waals surface area contributed by atoms with Gasteiger partial charge in [0.25, 0.3) is 0 Å². The van der Waals surface area contributed by atoms with E-state index in [1.807, 2.05) is 0 Å². The SMILES string of the molecule is CN(Cc1nc(-c2cccnc2)no1)C(=O)C1CC(=O)Nc2ccc(F)cc21. The van der Waals surface area contributed by atoms with Gasteiger partial charge in [0.15, 0.2) is 0 Å². The third kappa shape index (κ3) is 3.46. The minimum atomic E-state index is -0.773. The van der Waals surface area contributed by atoms with Crippen molar-refractivity contribution in [1.29, 1.82) is 0 Å². The molecular weight excluding hydrogens is 365 g/mol. The van der Waals surface area contributed by atoms with Gasteiger partial charge in [-0.05, 0) is 35.9 Å². The second-order valence-corrected chi connectivity index (χ2v) is 6.48. The summed E-state index contributed by atoms with van der Waals surface area (Å²) in [7, 11) is 1.57. The van der Waals surface area contributed by atoms with Crippen molar-refractivity contribution < 1.29 is 18.5 Å². The molecule has 0 fully saturated rings. The molecule has 8 nitrogen and oxygen atoms in total. The van der Waals surface area contributed by atoms with Gasteiger partial charge in [-0.25, -0.2) is 4.39 Å². The number of fused-ring (bicyclic) bond motifs is 1. The van der Waals surface area contributed by atoms with E-state index in [-0.39, 0.29) is 30.7 Å². The largest absolute Gasteiger partial charge is 0.337 e. The summed E-state index contributed by atoms with van der Waals surface area (Å²) in [5.74, 6) is -1.24. The van der Waals surface area contributed by atoms with Crippen LogP contribution in [0.3, 0.4) is 0 Å². The monoisotopic (exact) mass is 381 g/mol. The molecule has 1 atom stereocenters. The second kappa shape index (κ2) is 7.18. The lowest BCUT2D eigenvalue weighted by molar-refractivity contribution is -0.134. The molecule has 2 aromatic heterocycles. The highest BCUT2D eigenvalue weighted by Gasteiger charge is 2.33. The summed E-state index contributed by atoms with van der Waals surface area (Å²) in [6.07, 6.45) is 3.19. The number of carbonyl (C=O) groups excluding carboxylic acids is 2. The molecule has 0 spiro atoms. The highest BCUT2D eigenvalue weighted by atomic mass is 19.1. The molecule has 4 rings (SSSR count). The molecule has 1 aliphatic rings. The second-order valence-electron chi connectivity index (χ2n) is 6.48. The first-order chi connectivity index (χ1) is 13.5. The minimum Gasteiger partial charge on any atom is -0.337 e. The van der Waals surface area contributed by atoms with E-state index in [9.17, 15) is 14.0 Å². The van der Waals surface area contributed by atoms with E-state index < -0.39 is 11.7 Å². The number of nitrogens with zero attached hydrogens (tertiary/aromatic N) is 4. The fourth-order valence-corrected chi connectivity index (χ4v) is 3.13. The van der Waals surface area contributed by atoms with Crippen LogP contribution in [0.25, 0.3) is 11.4 Å². The van der Waals surface area contributed by atoms with Crippen LogP contribution in [0.1, 0.15) is 23.8 Å². The third-order valence-corrected chi connectivity index (χ3v) is 4.49. The van der Waals surface area contributed by atoms with Crippen LogP contribution in [0.5, 0.6) is 0 Å². The van der Waals surface area contributed by atoms with Crippen LogP contribution < -0.4 is 5.32 Å². The zero-order valence-corrected chi connectivity index (χ0v) is 14.9. The van der Waals surface area contributed by atoms with Crippen molar-refractivity contribution in [2.45, 2.75) is 18.9 Å². The maximum absolute atomic E-state index is 13.7. The first kappa shape index (κ1) is 17.8. The molecule has 1 aliphatic heterocycles. The number of benzene rings is 1. The lowest BCUT2D eigenvalue weighted by atomic mass is 9.89. The molecule has 0 saturated carbocycles. The van der Waals surface area contributed by atoms with Gasteiger partial charge in [-0.1, -0.05) is 5.16 Å². The lowest BCUT2D eigenvalue weighted by Gasteiger charge is -2.28. The van der Waals surface area contributed by atoms with Gasteiger partial charge >= 0.3 is 0 Å². The van der Waals surface area contributed by atoms with Crippen LogP contribution in [0.15, 0.2) is 47.2 Å². The summed E-state index contributed by atoms with van der Waals surface area (Å²) < 4.78 is 18.9. The van der Waals surface area contributed by atoms with Crippen LogP contribution in [0, 0.1) is 5.82 Å². The number of rotatable bonds is 4. The summed E-state index contributed by atoms with van der Waals surface area (Å²) in [6.45, 7) is 0.0643. The van der Waals surface area contributed by atoms with Gasteiger partial charge in [0.2, 0.25) is 23.5 Å². The van der Waals surface area contributed by atoms with Crippen molar-refractivity contribution >= 4 is 17.5 Å². The number of halogens is 1. The molecule has 9 heteroatoms. The Bertz CT molecular complexity index is 1040. The smallest absolute Gasteiger partial charge is 0.246 e. The summed E-state index contributed by atoms with van der Waals surface area (Å²) in [4.78, 5) is 34.5. The fourth-order valence-electron chi connectivity index (χ4n) is 3.13. The molecule has 3 aromatic rings. The van der Waals surface area contributed by atoms with E-state index in [2.05, 4.69) is 20.4 Å². The summed E-state index contributed by atoms with van der Waals surface area (Å²) >= 11 is 0. The molecule has 3 heterocycles. The Balaban J connectivity index is 1.52. The van der Waals surface area contributed by atoms with E-state index >= 15 is 0 Å². The van der Waals surface area contributed by atoms with Gasteiger partial charge in [-0.3, -0.25) is 14.6 Å². The number of aromatic nitrogens is 3. The maximum atomic E-state index is 13.7. The van der Waals surface area contributed by atoms with Gasteiger partial charge in [0, 0.05) is 37.1 Å². The summed E-state index contributed by atoms with van der Waals surface area (Å²) in [5.41, 5.74) is 1.60. The Morgan fingerprint density at radius 1 is 1.39 bits per heavy atom. The summed E-state index contributed by atoms with van der Waals surface area (Å²) in [5, 5.41) is 6.55. The molecule has 0 bridgehead atoms.